The fourth-order valence-corrected chi connectivity index (χ4v) is 4.14. The minimum Gasteiger partial charge on any atom is -0.497 e. The van der Waals surface area contributed by atoms with Crippen LogP contribution in [0.2, 0.25) is 0 Å². The summed E-state index contributed by atoms with van der Waals surface area (Å²) in [5.74, 6) is 2.08. The number of hydrogen-bond acceptors (Lipinski definition) is 10. The lowest BCUT2D eigenvalue weighted by atomic mass is 10.2. The molecule has 1 aliphatic carbocycles. The van der Waals surface area contributed by atoms with Crippen LogP contribution in [0.5, 0.6) is 5.75 Å². The molecule has 0 aliphatic heterocycles. The normalized spacial score (nSPS) is 13.2. The molecule has 0 saturated heterocycles. The molecule has 3 aromatic rings. The molecule has 39 heavy (non-hydrogen) atoms. The van der Waals surface area contributed by atoms with Crippen LogP contribution < -0.4 is 26.0 Å². The number of benzene rings is 2. The fraction of sp³-hybridized carbons (Fsp3) is 0.429. The number of methoxy groups -OCH3 is 1. The Kier molecular flexibility index (Phi) is 11.1. The third kappa shape index (κ3) is 9.69. The average Bonchev–Trinajstić information content (AvgIpc) is 3.47. The zero-order valence-corrected chi connectivity index (χ0v) is 22.3. The van der Waals surface area contributed by atoms with Crippen molar-refractivity contribution in [3.8, 4) is 5.75 Å². The molecule has 1 aliphatic rings. The van der Waals surface area contributed by atoms with Gasteiger partial charge in [0, 0.05) is 36.4 Å². The van der Waals surface area contributed by atoms with Crippen LogP contribution in [-0.2, 0) is 9.47 Å². The van der Waals surface area contributed by atoms with Crippen molar-refractivity contribution in [2.75, 3.05) is 62.6 Å². The molecule has 1 saturated carbocycles. The highest BCUT2D eigenvalue weighted by atomic mass is 16.5. The van der Waals surface area contributed by atoms with Crippen LogP contribution in [0.4, 0.5) is 23.5 Å². The molecule has 2 aromatic carbocycles. The van der Waals surface area contributed by atoms with E-state index >= 15 is 0 Å². The summed E-state index contributed by atoms with van der Waals surface area (Å²) in [6, 6.07) is 17.1. The number of aromatic nitrogens is 3. The Balaban J connectivity index is 1.17. The number of ether oxygens (including phenoxy) is 3. The Morgan fingerprint density at radius 3 is 2.33 bits per heavy atom. The molecule has 11 nitrogen and oxygen atoms in total. The Bertz CT molecular complexity index is 1160. The largest absolute Gasteiger partial charge is 0.497 e. The van der Waals surface area contributed by atoms with Gasteiger partial charge in [0.2, 0.25) is 17.8 Å². The predicted molar refractivity (Wildman–Crippen MR) is 151 cm³/mol. The first kappa shape index (κ1) is 28.1. The number of carbonyl (C=O) groups is 1. The summed E-state index contributed by atoms with van der Waals surface area (Å²) in [7, 11) is 1.63. The predicted octanol–water partition coefficient (Wildman–Crippen LogP) is 3.85. The van der Waals surface area contributed by atoms with Gasteiger partial charge in [0.15, 0.2) is 0 Å². The van der Waals surface area contributed by atoms with Gasteiger partial charge >= 0.3 is 0 Å². The van der Waals surface area contributed by atoms with Crippen molar-refractivity contribution >= 4 is 29.4 Å². The molecule has 0 unspecified atom stereocenters. The van der Waals surface area contributed by atoms with Crippen LogP contribution in [-0.4, -0.2) is 73.5 Å². The van der Waals surface area contributed by atoms with Gasteiger partial charge < -0.3 is 35.5 Å². The molecular weight excluding hydrogens is 498 g/mol. The lowest BCUT2D eigenvalue weighted by molar-refractivity contribution is 0.0519. The van der Waals surface area contributed by atoms with E-state index in [2.05, 4.69) is 36.2 Å². The maximum Gasteiger partial charge on any atom is 0.251 e. The minimum atomic E-state index is -0.108. The van der Waals surface area contributed by atoms with Crippen molar-refractivity contribution in [3.05, 3.63) is 60.2 Å². The van der Waals surface area contributed by atoms with Gasteiger partial charge in [-0.05, 0) is 37.1 Å². The SMILES string of the molecule is COc1cccc(Nc2nc(NCCOCCOCCNC(=O)c3ccccc3)nc(NC3CCCC3)n2)c1. The second-order valence-corrected chi connectivity index (χ2v) is 9.06. The molecule has 1 fully saturated rings. The average molecular weight is 536 g/mol. The van der Waals surface area contributed by atoms with Gasteiger partial charge in [-0.2, -0.15) is 15.0 Å². The van der Waals surface area contributed by atoms with Gasteiger partial charge in [-0.15, -0.1) is 0 Å². The van der Waals surface area contributed by atoms with E-state index in [9.17, 15) is 4.79 Å². The molecule has 0 radical (unpaired) electrons. The Hall–Kier alpha value is -3.96. The second kappa shape index (κ2) is 15.5. The van der Waals surface area contributed by atoms with E-state index in [-0.39, 0.29) is 5.91 Å². The first-order valence-electron chi connectivity index (χ1n) is 13.4. The van der Waals surface area contributed by atoms with Crippen molar-refractivity contribution in [1.82, 2.24) is 20.3 Å². The maximum absolute atomic E-state index is 12.0. The zero-order chi connectivity index (χ0) is 27.1. The molecule has 208 valence electrons. The molecular formula is C28H37N7O4. The lowest BCUT2D eigenvalue weighted by Crippen LogP contribution is -2.27. The van der Waals surface area contributed by atoms with E-state index in [1.807, 2.05) is 42.5 Å². The van der Waals surface area contributed by atoms with Gasteiger partial charge in [0.25, 0.3) is 5.91 Å². The monoisotopic (exact) mass is 535 g/mol. The number of carbonyl (C=O) groups excluding carboxylic acids is 1. The molecule has 0 bridgehead atoms. The van der Waals surface area contributed by atoms with Gasteiger partial charge in [-0.25, -0.2) is 0 Å². The van der Waals surface area contributed by atoms with Crippen molar-refractivity contribution in [3.63, 3.8) is 0 Å². The first-order chi connectivity index (χ1) is 19.2. The van der Waals surface area contributed by atoms with Crippen LogP contribution in [0.1, 0.15) is 36.0 Å². The van der Waals surface area contributed by atoms with E-state index in [4.69, 9.17) is 14.2 Å². The quantitative estimate of drug-likeness (QED) is 0.201. The second-order valence-electron chi connectivity index (χ2n) is 9.06. The molecule has 1 aromatic heterocycles. The van der Waals surface area contributed by atoms with Gasteiger partial charge in [-0.1, -0.05) is 37.1 Å². The van der Waals surface area contributed by atoms with Crippen LogP contribution in [0.3, 0.4) is 0 Å². The van der Waals surface area contributed by atoms with Crippen molar-refractivity contribution in [2.45, 2.75) is 31.7 Å². The van der Waals surface area contributed by atoms with Crippen molar-refractivity contribution in [1.29, 1.82) is 0 Å². The molecule has 1 amide bonds. The lowest BCUT2D eigenvalue weighted by Gasteiger charge is -2.15. The molecule has 4 rings (SSSR count). The van der Waals surface area contributed by atoms with E-state index in [1.54, 1.807) is 19.2 Å². The fourth-order valence-electron chi connectivity index (χ4n) is 4.14. The minimum absolute atomic E-state index is 0.108. The Labute approximate surface area is 229 Å². The number of rotatable bonds is 16. The van der Waals surface area contributed by atoms with E-state index < -0.39 is 0 Å². The summed E-state index contributed by atoms with van der Waals surface area (Å²) in [6.45, 7) is 2.74. The Morgan fingerprint density at radius 1 is 0.846 bits per heavy atom. The number of nitrogens with zero attached hydrogens (tertiary/aromatic N) is 3. The van der Waals surface area contributed by atoms with Crippen LogP contribution >= 0.6 is 0 Å². The van der Waals surface area contributed by atoms with Gasteiger partial charge in [-0.3, -0.25) is 4.79 Å². The van der Waals surface area contributed by atoms with Crippen molar-refractivity contribution in [2.24, 2.45) is 0 Å². The number of hydrogen-bond donors (Lipinski definition) is 4. The summed E-state index contributed by atoms with van der Waals surface area (Å²) < 4.78 is 16.5. The van der Waals surface area contributed by atoms with Crippen LogP contribution in [0, 0.1) is 0 Å². The maximum atomic E-state index is 12.0. The molecule has 11 heteroatoms. The molecule has 4 N–H and O–H groups in total. The number of amides is 1. The van der Waals surface area contributed by atoms with E-state index in [1.165, 1.54) is 12.8 Å². The smallest absolute Gasteiger partial charge is 0.251 e. The highest BCUT2D eigenvalue weighted by Gasteiger charge is 2.17. The summed E-state index contributed by atoms with van der Waals surface area (Å²) in [5, 5.41) is 12.7. The molecule has 0 spiro atoms. The summed E-state index contributed by atoms with van der Waals surface area (Å²) >= 11 is 0. The van der Waals surface area contributed by atoms with Gasteiger partial charge in [0.05, 0.1) is 33.5 Å². The number of nitrogens with one attached hydrogen (secondary N) is 4. The van der Waals surface area contributed by atoms with Crippen LogP contribution in [0.15, 0.2) is 54.6 Å². The summed E-state index contributed by atoms with van der Waals surface area (Å²) in [6.07, 6.45) is 4.66. The Morgan fingerprint density at radius 2 is 1.56 bits per heavy atom. The highest BCUT2D eigenvalue weighted by Crippen LogP contribution is 2.23. The highest BCUT2D eigenvalue weighted by molar-refractivity contribution is 5.94. The van der Waals surface area contributed by atoms with E-state index in [0.717, 1.165) is 24.3 Å². The van der Waals surface area contributed by atoms with Crippen molar-refractivity contribution < 1.29 is 19.0 Å². The van der Waals surface area contributed by atoms with Crippen LogP contribution in [0.25, 0.3) is 0 Å². The third-order valence-corrected chi connectivity index (χ3v) is 6.12. The molecule has 0 atom stereocenters. The van der Waals surface area contributed by atoms with E-state index in [0.29, 0.717) is 69.0 Å². The number of anilines is 4. The zero-order valence-electron chi connectivity index (χ0n) is 22.3. The summed E-state index contributed by atoms with van der Waals surface area (Å²) in [4.78, 5) is 25.6. The third-order valence-electron chi connectivity index (χ3n) is 6.12. The first-order valence-corrected chi connectivity index (χ1v) is 13.4. The topological polar surface area (TPSA) is 132 Å². The molecule has 1 heterocycles. The summed E-state index contributed by atoms with van der Waals surface area (Å²) in [5.41, 5.74) is 1.46. The van der Waals surface area contributed by atoms with Gasteiger partial charge in [0.1, 0.15) is 5.75 Å². The standard InChI is InChI=1S/C28H37N7O4/c1-37-24-13-7-12-23(20-24)32-28-34-26(33-27(35-28)31-22-10-5-6-11-22)30-15-17-39-19-18-38-16-14-29-25(36)21-8-3-2-4-9-21/h2-4,7-9,12-13,20,22H,5-6,10-11,14-19H2,1H3,(H,29,36)(H3,30,31,32,33,34,35).